The van der Waals surface area contributed by atoms with E-state index in [2.05, 4.69) is 41.4 Å². The van der Waals surface area contributed by atoms with Crippen LogP contribution < -0.4 is 5.32 Å². The molecule has 1 N–H and O–H groups in total. The molecule has 16 heavy (non-hydrogen) atoms. The fourth-order valence-electron chi connectivity index (χ4n) is 1.67. The quantitative estimate of drug-likeness (QED) is 0.858. The average Bonchev–Trinajstić information content (AvgIpc) is 2.63. The second-order valence-electron chi connectivity index (χ2n) is 3.86. The van der Waals surface area contributed by atoms with Gasteiger partial charge in [0.2, 0.25) is 5.89 Å². The lowest BCUT2D eigenvalue weighted by Crippen LogP contribution is -2.03. The Morgan fingerprint density at radius 3 is 2.44 bits per heavy atom. The van der Waals surface area contributed by atoms with E-state index >= 15 is 0 Å². The number of benzene rings is 1. The zero-order valence-corrected chi connectivity index (χ0v) is 9.74. The Hall–Kier alpha value is -1.84. The summed E-state index contributed by atoms with van der Waals surface area (Å²) < 4.78 is 5.04. The molecule has 0 fully saturated rings. The summed E-state index contributed by atoms with van der Waals surface area (Å²) in [5.74, 6) is 1.28. The van der Waals surface area contributed by atoms with Crippen molar-refractivity contribution in [2.45, 2.75) is 27.3 Å². The first kappa shape index (κ1) is 10.7. The second-order valence-corrected chi connectivity index (χ2v) is 3.86. The largest absolute Gasteiger partial charge is 0.376 e. The first-order valence-corrected chi connectivity index (χ1v) is 5.26. The van der Waals surface area contributed by atoms with E-state index in [0.29, 0.717) is 18.3 Å². The normalized spacial score (nSPS) is 10.4. The monoisotopic (exact) mass is 217 g/mol. The van der Waals surface area contributed by atoms with Gasteiger partial charge in [0.1, 0.15) is 0 Å². The Kier molecular flexibility index (Phi) is 2.90. The molecule has 0 amide bonds. The van der Waals surface area contributed by atoms with Crippen molar-refractivity contribution in [3.63, 3.8) is 0 Å². The van der Waals surface area contributed by atoms with E-state index in [0.717, 1.165) is 5.69 Å². The van der Waals surface area contributed by atoms with Crippen LogP contribution in [0.5, 0.6) is 0 Å². The van der Waals surface area contributed by atoms with Crippen molar-refractivity contribution >= 4 is 5.69 Å². The molecular weight excluding hydrogens is 202 g/mol. The second kappa shape index (κ2) is 4.35. The Balaban J connectivity index is 2.10. The van der Waals surface area contributed by atoms with E-state index in [1.54, 1.807) is 0 Å². The average molecular weight is 217 g/mol. The number of para-hydroxylation sites is 1. The van der Waals surface area contributed by atoms with Crippen molar-refractivity contribution in [2.75, 3.05) is 5.32 Å². The lowest BCUT2D eigenvalue weighted by molar-refractivity contribution is 0.379. The first-order chi connectivity index (χ1) is 7.66. The van der Waals surface area contributed by atoms with Crippen LogP contribution in [0.4, 0.5) is 5.69 Å². The van der Waals surface area contributed by atoms with E-state index in [1.807, 2.05) is 13.0 Å². The maximum atomic E-state index is 5.04. The van der Waals surface area contributed by atoms with Crippen LogP contribution in [0.1, 0.15) is 22.8 Å². The lowest BCUT2D eigenvalue weighted by atomic mass is 10.1. The predicted molar refractivity (Wildman–Crippen MR) is 62.3 cm³/mol. The van der Waals surface area contributed by atoms with Crippen LogP contribution in [0.3, 0.4) is 0 Å². The molecule has 0 bridgehead atoms. The van der Waals surface area contributed by atoms with Crippen LogP contribution in [-0.4, -0.2) is 10.1 Å². The molecule has 0 spiro atoms. The van der Waals surface area contributed by atoms with E-state index in [9.17, 15) is 0 Å². The minimum absolute atomic E-state index is 0.562. The molecule has 0 unspecified atom stereocenters. The van der Waals surface area contributed by atoms with Crippen LogP contribution in [0, 0.1) is 20.8 Å². The SMILES string of the molecule is Cc1noc(CNc2c(C)cccc2C)n1. The van der Waals surface area contributed by atoms with Gasteiger partial charge in [0.25, 0.3) is 0 Å². The number of aromatic nitrogens is 2. The maximum Gasteiger partial charge on any atom is 0.245 e. The molecule has 2 aromatic rings. The number of nitrogens with one attached hydrogen (secondary N) is 1. The molecule has 0 aliphatic rings. The van der Waals surface area contributed by atoms with Crippen LogP contribution >= 0.6 is 0 Å². The smallest absolute Gasteiger partial charge is 0.245 e. The van der Waals surface area contributed by atoms with E-state index in [1.165, 1.54) is 11.1 Å². The standard InChI is InChI=1S/C12H15N3O/c1-8-5-4-6-9(2)12(8)13-7-11-14-10(3)15-16-11/h4-6,13H,7H2,1-3H3. The number of nitrogens with zero attached hydrogens (tertiary/aromatic N) is 2. The molecular formula is C12H15N3O. The number of aryl methyl sites for hydroxylation is 3. The van der Waals surface area contributed by atoms with Crippen LogP contribution in [0.25, 0.3) is 0 Å². The Morgan fingerprint density at radius 1 is 1.19 bits per heavy atom. The summed E-state index contributed by atoms with van der Waals surface area (Å²) in [5, 5.41) is 7.06. The molecule has 1 heterocycles. The van der Waals surface area contributed by atoms with E-state index in [4.69, 9.17) is 4.52 Å². The van der Waals surface area contributed by atoms with Gasteiger partial charge in [0, 0.05) is 5.69 Å². The minimum Gasteiger partial charge on any atom is -0.376 e. The molecule has 0 saturated heterocycles. The number of rotatable bonds is 3. The molecule has 0 aliphatic carbocycles. The highest BCUT2D eigenvalue weighted by molar-refractivity contribution is 5.56. The lowest BCUT2D eigenvalue weighted by Gasteiger charge is -2.10. The van der Waals surface area contributed by atoms with Crippen LogP contribution in [0.2, 0.25) is 0 Å². The van der Waals surface area contributed by atoms with Crippen molar-refractivity contribution in [3.8, 4) is 0 Å². The van der Waals surface area contributed by atoms with Crippen LogP contribution in [-0.2, 0) is 6.54 Å². The number of anilines is 1. The Labute approximate surface area is 94.7 Å². The van der Waals surface area contributed by atoms with Crippen molar-refractivity contribution in [1.82, 2.24) is 10.1 Å². The van der Waals surface area contributed by atoms with E-state index in [-0.39, 0.29) is 0 Å². The molecule has 1 aromatic carbocycles. The Morgan fingerprint density at radius 2 is 1.88 bits per heavy atom. The van der Waals surface area contributed by atoms with Crippen molar-refractivity contribution in [1.29, 1.82) is 0 Å². The molecule has 0 radical (unpaired) electrons. The summed E-state index contributed by atoms with van der Waals surface area (Å²) in [6, 6.07) is 6.20. The van der Waals surface area contributed by atoms with Gasteiger partial charge in [-0.1, -0.05) is 23.4 Å². The molecule has 4 nitrogen and oxygen atoms in total. The van der Waals surface area contributed by atoms with Gasteiger partial charge in [0.15, 0.2) is 5.82 Å². The molecule has 1 aromatic heterocycles. The molecule has 2 rings (SSSR count). The van der Waals surface area contributed by atoms with Crippen molar-refractivity contribution in [3.05, 3.63) is 41.0 Å². The van der Waals surface area contributed by atoms with Gasteiger partial charge in [-0.25, -0.2) is 0 Å². The zero-order valence-electron chi connectivity index (χ0n) is 9.74. The summed E-state index contributed by atoms with van der Waals surface area (Å²) in [4.78, 5) is 4.14. The maximum absolute atomic E-state index is 5.04. The third kappa shape index (κ3) is 2.21. The topological polar surface area (TPSA) is 51.0 Å². The predicted octanol–water partition coefficient (Wildman–Crippen LogP) is 2.61. The van der Waals surface area contributed by atoms with Gasteiger partial charge in [-0.05, 0) is 31.9 Å². The minimum atomic E-state index is 0.562. The van der Waals surface area contributed by atoms with Gasteiger partial charge in [-0.15, -0.1) is 0 Å². The molecule has 0 aliphatic heterocycles. The third-order valence-corrected chi connectivity index (χ3v) is 2.47. The number of hydrogen-bond donors (Lipinski definition) is 1. The van der Waals surface area contributed by atoms with Gasteiger partial charge in [0.05, 0.1) is 6.54 Å². The first-order valence-electron chi connectivity index (χ1n) is 5.26. The van der Waals surface area contributed by atoms with E-state index < -0.39 is 0 Å². The zero-order chi connectivity index (χ0) is 11.5. The summed E-state index contributed by atoms with van der Waals surface area (Å²) >= 11 is 0. The van der Waals surface area contributed by atoms with Gasteiger partial charge in [-0.2, -0.15) is 4.98 Å². The van der Waals surface area contributed by atoms with Crippen molar-refractivity contribution in [2.24, 2.45) is 0 Å². The summed E-state index contributed by atoms with van der Waals surface area (Å²) in [5.41, 5.74) is 3.57. The van der Waals surface area contributed by atoms with Gasteiger partial charge in [-0.3, -0.25) is 0 Å². The van der Waals surface area contributed by atoms with Gasteiger partial charge >= 0.3 is 0 Å². The number of hydrogen-bond acceptors (Lipinski definition) is 4. The Bertz CT molecular complexity index is 471. The fraction of sp³-hybridized carbons (Fsp3) is 0.333. The fourth-order valence-corrected chi connectivity index (χ4v) is 1.67. The molecule has 4 heteroatoms. The summed E-state index contributed by atoms with van der Waals surface area (Å²) in [7, 11) is 0. The molecule has 0 saturated carbocycles. The highest BCUT2D eigenvalue weighted by atomic mass is 16.5. The van der Waals surface area contributed by atoms with Gasteiger partial charge < -0.3 is 9.84 Å². The molecule has 0 atom stereocenters. The van der Waals surface area contributed by atoms with Crippen LogP contribution in [0.15, 0.2) is 22.7 Å². The van der Waals surface area contributed by atoms with Crippen molar-refractivity contribution < 1.29 is 4.52 Å². The summed E-state index contributed by atoms with van der Waals surface area (Å²) in [6.07, 6.45) is 0. The highest BCUT2D eigenvalue weighted by Crippen LogP contribution is 2.19. The molecule has 84 valence electrons. The third-order valence-electron chi connectivity index (χ3n) is 2.47. The highest BCUT2D eigenvalue weighted by Gasteiger charge is 2.05. The summed E-state index contributed by atoms with van der Waals surface area (Å²) in [6.45, 7) is 6.53.